The van der Waals surface area contributed by atoms with Crippen molar-refractivity contribution in [1.82, 2.24) is 0 Å². The van der Waals surface area contributed by atoms with E-state index in [1.807, 2.05) is 0 Å². The number of nitrogens with zero attached hydrogens (tertiary/aromatic N) is 1. The highest BCUT2D eigenvalue weighted by Gasteiger charge is 2.37. The Morgan fingerprint density at radius 2 is 1.73 bits per heavy atom. The number of halogens is 1. The number of thiophene rings is 1. The van der Waals surface area contributed by atoms with Gasteiger partial charge in [0.15, 0.2) is 0 Å². The molecule has 26 heavy (non-hydrogen) atoms. The molecule has 3 rings (SSSR count). The molecule has 7 heteroatoms. The van der Waals surface area contributed by atoms with Crippen molar-refractivity contribution in [2.45, 2.75) is 70.4 Å². The first-order valence-corrected chi connectivity index (χ1v) is 11.0. The van der Waals surface area contributed by atoms with Crippen molar-refractivity contribution in [3.63, 3.8) is 0 Å². The average Bonchev–Trinajstić information content (AvgIpc) is 2.99. The highest BCUT2D eigenvalue weighted by atomic mass is 79.9. The smallest absolute Gasteiger partial charge is 0.348 e. The van der Waals surface area contributed by atoms with Crippen molar-refractivity contribution in [3.05, 3.63) is 14.7 Å². The number of carboxylic acid groups (broad SMARTS) is 1. The van der Waals surface area contributed by atoms with E-state index in [0.717, 1.165) is 40.8 Å². The number of aromatic carboxylic acids is 1. The van der Waals surface area contributed by atoms with E-state index in [1.54, 1.807) is 11.0 Å². The minimum atomic E-state index is -0.999. The van der Waals surface area contributed by atoms with Crippen molar-refractivity contribution in [2.75, 3.05) is 4.90 Å². The van der Waals surface area contributed by atoms with Gasteiger partial charge in [0.1, 0.15) is 4.88 Å². The van der Waals surface area contributed by atoms with E-state index in [9.17, 15) is 19.8 Å². The van der Waals surface area contributed by atoms with Crippen molar-refractivity contribution in [1.29, 1.82) is 0 Å². The maximum absolute atomic E-state index is 13.4. The number of aliphatic hydroxyl groups is 1. The molecule has 0 aliphatic heterocycles. The third-order valence-corrected chi connectivity index (χ3v) is 7.39. The summed E-state index contributed by atoms with van der Waals surface area (Å²) in [5.41, 5.74) is 0.513. The number of hydrogen-bond acceptors (Lipinski definition) is 4. The first-order valence-electron chi connectivity index (χ1n) is 9.40. The first-order chi connectivity index (χ1) is 12.4. The molecular formula is C19H26BrNO4S. The molecule has 144 valence electrons. The summed E-state index contributed by atoms with van der Waals surface area (Å²) < 4.78 is 0.718. The predicted octanol–water partition coefficient (Wildman–Crippen LogP) is 4.67. The van der Waals surface area contributed by atoms with E-state index in [2.05, 4.69) is 22.9 Å². The van der Waals surface area contributed by atoms with Crippen LogP contribution in [0.4, 0.5) is 5.69 Å². The fraction of sp³-hybridized carbons (Fsp3) is 0.684. The summed E-state index contributed by atoms with van der Waals surface area (Å²) in [6.45, 7) is 2.22. The molecule has 2 N–H and O–H groups in total. The van der Waals surface area contributed by atoms with Crippen LogP contribution >= 0.6 is 27.3 Å². The number of anilines is 1. The fourth-order valence-electron chi connectivity index (χ4n) is 4.20. The van der Waals surface area contributed by atoms with Crippen molar-refractivity contribution >= 4 is 44.8 Å². The molecule has 1 aromatic heterocycles. The van der Waals surface area contributed by atoms with E-state index < -0.39 is 5.97 Å². The molecule has 2 fully saturated rings. The minimum Gasteiger partial charge on any atom is -0.477 e. The number of hydrogen-bond donors (Lipinski definition) is 2. The van der Waals surface area contributed by atoms with E-state index in [-0.39, 0.29) is 28.8 Å². The summed E-state index contributed by atoms with van der Waals surface area (Å²) in [6, 6.07) is 1.73. The second kappa shape index (κ2) is 8.40. The molecule has 0 aromatic carbocycles. The Morgan fingerprint density at radius 3 is 2.31 bits per heavy atom. The zero-order chi connectivity index (χ0) is 18.8. The summed E-state index contributed by atoms with van der Waals surface area (Å²) in [5.74, 6) is -0.312. The summed E-state index contributed by atoms with van der Waals surface area (Å²) in [5, 5.41) is 19.4. The third kappa shape index (κ3) is 4.31. The molecule has 0 radical (unpaired) electrons. The van der Waals surface area contributed by atoms with E-state index in [1.165, 1.54) is 0 Å². The Hall–Kier alpha value is -0.920. The largest absolute Gasteiger partial charge is 0.477 e. The second-order valence-electron chi connectivity index (χ2n) is 7.70. The number of carbonyl (C=O) groups is 2. The van der Waals surface area contributed by atoms with E-state index >= 15 is 0 Å². The van der Waals surface area contributed by atoms with Crippen molar-refractivity contribution in [2.24, 2.45) is 11.8 Å². The maximum atomic E-state index is 13.4. The molecule has 1 heterocycles. The van der Waals surface area contributed by atoms with Crippen LogP contribution in [0.3, 0.4) is 0 Å². The molecule has 1 aromatic rings. The Balaban J connectivity index is 1.92. The molecule has 1 amide bonds. The van der Waals surface area contributed by atoms with Crippen LogP contribution in [0.2, 0.25) is 0 Å². The third-order valence-electron chi connectivity index (χ3n) is 5.77. The van der Waals surface area contributed by atoms with Crippen molar-refractivity contribution < 1.29 is 19.8 Å². The van der Waals surface area contributed by atoms with Gasteiger partial charge in [-0.1, -0.05) is 6.92 Å². The summed E-state index contributed by atoms with van der Waals surface area (Å²) >= 11 is 4.54. The van der Waals surface area contributed by atoms with Gasteiger partial charge in [-0.25, -0.2) is 4.79 Å². The molecule has 0 bridgehead atoms. The standard InChI is InChI=1S/C19H26BrNO4S/c1-11-2-4-12(5-3-11)18(23)21(13-6-8-14(22)9-7-13)15-10-16(20)26-17(15)19(24)25/h10-14,22H,2-9H2,1H3,(H,24,25)/t11?,12?,13-,14-. The molecule has 2 aliphatic rings. The molecule has 0 saturated heterocycles. The average molecular weight is 444 g/mol. The lowest BCUT2D eigenvalue weighted by Crippen LogP contribution is -2.47. The van der Waals surface area contributed by atoms with E-state index in [4.69, 9.17) is 0 Å². The second-order valence-corrected chi connectivity index (χ2v) is 10.1. The van der Waals surface area contributed by atoms with Gasteiger partial charge in [-0.15, -0.1) is 11.3 Å². The van der Waals surface area contributed by atoms with Crippen LogP contribution in [0, 0.1) is 11.8 Å². The maximum Gasteiger partial charge on any atom is 0.348 e. The van der Waals surface area contributed by atoms with E-state index in [0.29, 0.717) is 37.3 Å². The van der Waals surface area contributed by atoms with Crippen LogP contribution in [-0.4, -0.2) is 34.2 Å². The van der Waals surface area contributed by atoms with Crippen LogP contribution < -0.4 is 4.90 Å². The van der Waals surface area contributed by atoms with Gasteiger partial charge in [0.05, 0.1) is 15.6 Å². The number of carboxylic acids is 1. The molecule has 0 spiro atoms. The lowest BCUT2D eigenvalue weighted by atomic mass is 9.81. The molecule has 0 atom stereocenters. The highest BCUT2D eigenvalue weighted by Crippen LogP contribution is 2.40. The number of rotatable bonds is 4. The van der Waals surface area contributed by atoms with Gasteiger partial charge < -0.3 is 15.1 Å². The van der Waals surface area contributed by atoms with Crippen molar-refractivity contribution in [3.8, 4) is 0 Å². The van der Waals surface area contributed by atoms with Gasteiger partial charge in [-0.05, 0) is 79.3 Å². The van der Waals surface area contributed by atoms with Crippen LogP contribution in [-0.2, 0) is 4.79 Å². The molecule has 2 saturated carbocycles. The lowest BCUT2D eigenvalue weighted by molar-refractivity contribution is -0.124. The quantitative estimate of drug-likeness (QED) is 0.708. The topological polar surface area (TPSA) is 77.8 Å². The van der Waals surface area contributed by atoms with Gasteiger partial charge in [-0.2, -0.15) is 0 Å². The Labute approximate surface area is 166 Å². The van der Waals surface area contributed by atoms with Crippen LogP contribution in [0.5, 0.6) is 0 Å². The van der Waals surface area contributed by atoms with Gasteiger partial charge >= 0.3 is 5.97 Å². The summed E-state index contributed by atoms with van der Waals surface area (Å²) in [6.07, 6.45) is 6.27. The van der Waals surface area contributed by atoms with Gasteiger partial charge in [0, 0.05) is 12.0 Å². The summed E-state index contributed by atoms with van der Waals surface area (Å²) in [7, 11) is 0. The van der Waals surface area contributed by atoms with Crippen LogP contribution in [0.15, 0.2) is 9.85 Å². The number of carbonyl (C=O) groups excluding carboxylic acids is 1. The van der Waals surface area contributed by atoms with Crippen LogP contribution in [0.1, 0.15) is 68.0 Å². The fourth-order valence-corrected chi connectivity index (χ4v) is 5.62. The van der Waals surface area contributed by atoms with Gasteiger partial charge in [0.25, 0.3) is 0 Å². The van der Waals surface area contributed by atoms with Gasteiger partial charge in [-0.3, -0.25) is 4.79 Å². The molecule has 2 aliphatic carbocycles. The monoisotopic (exact) mass is 443 g/mol. The predicted molar refractivity (Wildman–Crippen MR) is 106 cm³/mol. The molecular weight excluding hydrogens is 418 g/mol. The van der Waals surface area contributed by atoms with Crippen LogP contribution in [0.25, 0.3) is 0 Å². The Kier molecular flexibility index (Phi) is 6.41. The first kappa shape index (κ1) is 19.8. The zero-order valence-corrected chi connectivity index (χ0v) is 17.4. The lowest BCUT2D eigenvalue weighted by Gasteiger charge is -2.38. The Bertz CT molecular complexity index is 660. The zero-order valence-electron chi connectivity index (χ0n) is 15.0. The SMILES string of the molecule is CC1CCC(C(=O)N(c2cc(Br)sc2C(=O)O)[C@H]2CC[C@H](O)CC2)CC1. The number of amides is 1. The van der Waals surface area contributed by atoms with Gasteiger partial charge in [0.2, 0.25) is 5.91 Å². The molecule has 0 unspecified atom stereocenters. The number of aliphatic hydroxyl groups excluding tert-OH is 1. The highest BCUT2D eigenvalue weighted by molar-refractivity contribution is 9.11. The molecule has 5 nitrogen and oxygen atoms in total. The minimum absolute atomic E-state index is 0.0293. The Morgan fingerprint density at radius 1 is 1.12 bits per heavy atom. The normalized spacial score (nSPS) is 29.3. The summed E-state index contributed by atoms with van der Waals surface area (Å²) in [4.78, 5) is 27.1.